The summed E-state index contributed by atoms with van der Waals surface area (Å²) >= 11 is 0. The summed E-state index contributed by atoms with van der Waals surface area (Å²) in [4.78, 5) is 2.24. The number of ether oxygens (including phenoxy) is 2. The number of morpholine rings is 1. The van der Waals surface area contributed by atoms with Crippen LogP contribution in [0.4, 0.5) is 0 Å². The number of aliphatic hydroxyl groups excluding tert-OH is 1. The van der Waals surface area contributed by atoms with Crippen LogP contribution in [0.5, 0.6) is 5.75 Å². The smallest absolute Gasteiger partial charge is 0.118 e. The number of nitrogens with one attached hydrogen (secondary N) is 1. The molecular formula is C16H26N2O3. The van der Waals surface area contributed by atoms with E-state index in [-0.39, 0.29) is 12.1 Å². The Bertz CT molecular complexity index is 404. The summed E-state index contributed by atoms with van der Waals surface area (Å²) in [6.07, 6.45) is -0.358. The van der Waals surface area contributed by atoms with Crippen LogP contribution < -0.4 is 10.1 Å². The fourth-order valence-electron chi connectivity index (χ4n) is 2.47. The van der Waals surface area contributed by atoms with Gasteiger partial charge in [0, 0.05) is 32.2 Å². The maximum Gasteiger partial charge on any atom is 0.118 e. The minimum absolute atomic E-state index is 0.204. The summed E-state index contributed by atoms with van der Waals surface area (Å²) in [7, 11) is 1.67. The van der Waals surface area contributed by atoms with E-state index in [1.54, 1.807) is 7.11 Å². The lowest BCUT2D eigenvalue weighted by atomic mass is 10.1. The Morgan fingerprint density at radius 1 is 1.29 bits per heavy atom. The van der Waals surface area contributed by atoms with Crippen LogP contribution in [-0.4, -0.2) is 62.6 Å². The van der Waals surface area contributed by atoms with Crippen LogP contribution in [0.25, 0.3) is 0 Å². The van der Waals surface area contributed by atoms with Gasteiger partial charge in [-0.3, -0.25) is 4.90 Å². The van der Waals surface area contributed by atoms with Crippen LogP contribution in [0, 0.1) is 0 Å². The van der Waals surface area contributed by atoms with Crippen LogP contribution in [0.2, 0.25) is 0 Å². The molecule has 5 heteroatoms. The number of hydrogen-bond acceptors (Lipinski definition) is 5. The lowest BCUT2D eigenvalue weighted by molar-refractivity contribution is 0.0145. The van der Waals surface area contributed by atoms with E-state index in [1.165, 1.54) is 5.56 Å². The highest BCUT2D eigenvalue weighted by molar-refractivity contribution is 5.28. The highest BCUT2D eigenvalue weighted by Crippen LogP contribution is 2.17. The number of benzene rings is 1. The van der Waals surface area contributed by atoms with E-state index in [2.05, 4.69) is 17.1 Å². The SMILES string of the molecule is COc1ccc([C@H](C)NCC(O)CN2CCOCC2)cc1. The van der Waals surface area contributed by atoms with E-state index < -0.39 is 0 Å². The first-order chi connectivity index (χ1) is 10.2. The molecule has 1 aromatic carbocycles. The zero-order chi connectivity index (χ0) is 15.1. The zero-order valence-electron chi connectivity index (χ0n) is 12.9. The average Bonchev–Trinajstić information content (AvgIpc) is 2.53. The molecule has 0 aliphatic carbocycles. The third-order valence-electron chi connectivity index (χ3n) is 3.85. The summed E-state index contributed by atoms with van der Waals surface area (Å²) in [5.41, 5.74) is 1.19. The number of aliphatic hydroxyl groups is 1. The van der Waals surface area contributed by atoms with Crippen molar-refractivity contribution in [2.24, 2.45) is 0 Å². The van der Waals surface area contributed by atoms with Gasteiger partial charge >= 0.3 is 0 Å². The maximum atomic E-state index is 10.1. The predicted molar refractivity (Wildman–Crippen MR) is 82.7 cm³/mol. The Balaban J connectivity index is 1.72. The van der Waals surface area contributed by atoms with Gasteiger partial charge in [0.1, 0.15) is 5.75 Å². The first-order valence-electron chi connectivity index (χ1n) is 7.54. The lowest BCUT2D eigenvalue weighted by Gasteiger charge is -2.29. The molecule has 1 fully saturated rings. The summed E-state index contributed by atoms with van der Waals surface area (Å²) < 4.78 is 10.5. The standard InChI is InChI=1S/C16H26N2O3/c1-13(14-3-5-16(20-2)6-4-14)17-11-15(19)12-18-7-9-21-10-8-18/h3-6,13,15,17,19H,7-12H2,1-2H3/t13-,15?/m0/s1. The topological polar surface area (TPSA) is 54.0 Å². The zero-order valence-corrected chi connectivity index (χ0v) is 12.9. The van der Waals surface area contributed by atoms with Gasteiger partial charge in [0.25, 0.3) is 0 Å². The Labute approximate surface area is 126 Å². The molecule has 0 saturated carbocycles. The van der Waals surface area contributed by atoms with Gasteiger partial charge in [-0.05, 0) is 24.6 Å². The van der Waals surface area contributed by atoms with E-state index in [0.29, 0.717) is 13.1 Å². The minimum atomic E-state index is -0.358. The number of hydrogen-bond donors (Lipinski definition) is 2. The van der Waals surface area contributed by atoms with Crippen molar-refractivity contribution < 1.29 is 14.6 Å². The van der Waals surface area contributed by atoms with Gasteiger partial charge in [-0.25, -0.2) is 0 Å². The van der Waals surface area contributed by atoms with Crippen LogP contribution in [-0.2, 0) is 4.74 Å². The Kier molecular flexibility index (Phi) is 6.45. The van der Waals surface area contributed by atoms with Crippen LogP contribution in [0.3, 0.4) is 0 Å². The monoisotopic (exact) mass is 294 g/mol. The molecule has 21 heavy (non-hydrogen) atoms. The van der Waals surface area contributed by atoms with E-state index in [9.17, 15) is 5.11 Å². The molecule has 1 saturated heterocycles. The molecule has 2 N–H and O–H groups in total. The lowest BCUT2D eigenvalue weighted by Crippen LogP contribution is -2.44. The first kappa shape index (κ1) is 16.2. The molecule has 0 bridgehead atoms. The summed E-state index contributed by atoms with van der Waals surface area (Å²) in [6.45, 7) is 6.74. The molecule has 2 rings (SSSR count). The molecule has 118 valence electrons. The summed E-state index contributed by atoms with van der Waals surface area (Å²) in [5, 5.41) is 13.5. The molecule has 1 aromatic rings. The van der Waals surface area contributed by atoms with Crippen molar-refractivity contribution in [1.29, 1.82) is 0 Å². The fourth-order valence-corrected chi connectivity index (χ4v) is 2.47. The summed E-state index contributed by atoms with van der Waals surface area (Å²) in [6, 6.07) is 8.21. The largest absolute Gasteiger partial charge is 0.497 e. The van der Waals surface area contributed by atoms with Crippen molar-refractivity contribution in [1.82, 2.24) is 10.2 Å². The second-order valence-corrected chi connectivity index (χ2v) is 5.47. The average molecular weight is 294 g/mol. The number of nitrogens with zero attached hydrogens (tertiary/aromatic N) is 1. The highest BCUT2D eigenvalue weighted by atomic mass is 16.5. The van der Waals surface area contributed by atoms with Gasteiger partial charge in [-0.2, -0.15) is 0 Å². The number of methoxy groups -OCH3 is 1. The summed E-state index contributed by atoms with van der Waals surface area (Å²) in [5.74, 6) is 0.860. The van der Waals surface area contributed by atoms with E-state index in [1.807, 2.05) is 24.3 Å². The molecule has 0 radical (unpaired) electrons. The third-order valence-corrected chi connectivity index (χ3v) is 3.85. The van der Waals surface area contributed by atoms with E-state index in [4.69, 9.17) is 9.47 Å². The van der Waals surface area contributed by atoms with Gasteiger partial charge in [-0.15, -0.1) is 0 Å². The second kappa shape index (κ2) is 8.34. The highest BCUT2D eigenvalue weighted by Gasteiger charge is 2.15. The van der Waals surface area contributed by atoms with E-state index in [0.717, 1.165) is 32.1 Å². The quantitative estimate of drug-likeness (QED) is 0.787. The molecule has 1 aliphatic heterocycles. The van der Waals surface area contributed by atoms with Crippen LogP contribution in [0.15, 0.2) is 24.3 Å². The normalized spacial score (nSPS) is 19.2. The Morgan fingerprint density at radius 3 is 2.57 bits per heavy atom. The van der Waals surface area contributed by atoms with Gasteiger partial charge in [0.05, 0.1) is 26.4 Å². The van der Waals surface area contributed by atoms with Gasteiger partial charge in [0.2, 0.25) is 0 Å². The molecule has 2 atom stereocenters. The second-order valence-electron chi connectivity index (χ2n) is 5.47. The van der Waals surface area contributed by atoms with Gasteiger partial charge < -0.3 is 19.9 Å². The Hall–Kier alpha value is -1.14. The Morgan fingerprint density at radius 2 is 1.95 bits per heavy atom. The third kappa shape index (κ3) is 5.28. The maximum absolute atomic E-state index is 10.1. The van der Waals surface area contributed by atoms with Crippen LogP contribution >= 0.6 is 0 Å². The van der Waals surface area contributed by atoms with E-state index >= 15 is 0 Å². The fraction of sp³-hybridized carbons (Fsp3) is 0.625. The van der Waals surface area contributed by atoms with Crippen molar-refractivity contribution >= 4 is 0 Å². The van der Waals surface area contributed by atoms with Gasteiger partial charge in [-0.1, -0.05) is 12.1 Å². The van der Waals surface area contributed by atoms with Crippen LogP contribution in [0.1, 0.15) is 18.5 Å². The predicted octanol–water partition coefficient (Wildman–Crippen LogP) is 1.04. The number of rotatable bonds is 7. The first-order valence-corrected chi connectivity index (χ1v) is 7.54. The molecule has 1 unspecified atom stereocenters. The molecule has 1 aliphatic rings. The van der Waals surface area contributed by atoms with Gasteiger partial charge in [0.15, 0.2) is 0 Å². The van der Waals surface area contributed by atoms with Crippen molar-refractivity contribution in [3.63, 3.8) is 0 Å². The molecular weight excluding hydrogens is 268 g/mol. The van der Waals surface area contributed by atoms with Crippen molar-refractivity contribution in [2.45, 2.75) is 19.1 Å². The number of β-amino-alcohol motifs (C(OH)–C–C–N with tert-alkyl or cyclic N) is 1. The molecule has 0 aromatic heterocycles. The molecule has 0 spiro atoms. The minimum Gasteiger partial charge on any atom is -0.497 e. The van der Waals surface area contributed by atoms with Crippen molar-refractivity contribution in [2.75, 3.05) is 46.5 Å². The molecule has 0 amide bonds. The van der Waals surface area contributed by atoms with Crippen molar-refractivity contribution in [3.05, 3.63) is 29.8 Å². The molecule has 5 nitrogen and oxygen atoms in total. The molecule has 1 heterocycles. The van der Waals surface area contributed by atoms with Crippen molar-refractivity contribution in [3.8, 4) is 5.75 Å².